The van der Waals surface area contributed by atoms with Gasteiger partial charge in [0.05, 0.1) is 7.11 Å². The summed E-state index contributed by atoms with van der Waals surface area (Å²) in [5.41, 5.74) is -0.533. The van der Waals surface area contributed by atoms with E-state index in [0.717, 1.165) is 7.11 Å². The first kappa shape index (κ1) is 12.8. The molecule has 0 aliphatic rings. The van der Waals surface area contributed by atoms with Gasteiger partial charge in [0.2, 0.25) is 18.1 Å². The minimum absolute atomic E-state index is 0.0376. The maximum Gasteiger partial charge on any atom is 0.362 e. The lowest BCUT2D eigenvalue weighted by molar-refractivity contribution is -0.132. The van der Waals surface area contributed by atoms with Crippen LogP contribution in [0, 0.1) is 0 Å². The van der Waals surface area contributed by atoms with E-state index in [4.69, 9.17) is 16.8 Å². The zero-order chi connectivity index (χ0) is 12.8. The molecule has 0 aliphatic carbocycles. The molecule has 0 saturated heterocycles. The third kappa shape index (κ3) is 3.11. The summed E-state index contributed by atoms with van der Waals surface area (Å²) < 4.78 is 4.37. The molecule has 90 valence electrons. The van der Waals surface area contributed by atoms with Crippen molar-refractivity contribution in [2.45, 2.75) is 0 Å². The van der Waals surface area contributed by atoms with Gasteiger partial charge in [0.25, 0.3) is 0 Å². The quantitative estimate of drug-likeness (QED) is 0.197. The molecule has 0 aliphatic heterocycles. The smallest absolute Gasteiger partial charge is 0.362 e. The minimum atomic E-state index is -0.903. The van der Waals surface area contributed by atoms with E-state index in [-0.39, 0.29) is 16.8 Å². The molecule has 0 saturated carbocycles. The Kier molecular flexibility index (Phi) is 4.35. The summed E-state index contributed by atoms with van der Waals surface area (Å²) in [7, 11) is 1.11. The van der Waals surface area contributed by atoms with Crippen molar-refractivity contribution in [3.63, 3.8) is 0 Å². The maximum absolute atomic E-state index is 11.2. The number of amides is 1. The van der Waals surface area contributed by atoms with Crippen molar-refractivity contribution >= 4 is 35.6 Å². The minimum Gasteiger partial charge on any atom is -0.464 e. The number of aromatic nitrogens is 2. The van der Waals surface area contributed by atoms with E-state index in [9.17, 15) is 9.59 Å². The van der Waals surface area contributed by atoms with Crippen LogP contribution in [-0.2, 0) is 14.3 Å². The highest BCUT2D eigenvalue weighted by molar-refractivity contribution is 6.43. The van der Waals surface area contributed by atoms with Crippen LogP contribution in [0.15, 0.2) is 11.2 Å². The van der Waals surface area contributed by atoms with Crippen molar-refractivity contribution < 1.29 is 19.5 Å². The summed E-state index contributed by atoms with van der Waals surface area (Å²) in [5.74, 6) is -1.04. The van der Waals surface area contributed by atoms with Crippen LogP contribution < -0.4 is 5.32 Å². The molecule has 0 bridgehead atoms. The Labute approximate surface area is 100 Å². The predicted octanol–water partition coefficient (Wildman–Crippen LogP) is 0.0496. The number of esters is 1. The topological polar surface area (TPSA) is 114 Å². The molecule has 1 aromatic rings. The highest BCUT2D eigenvalue weighted by atomic mass is 35.5. The van der Waals surface area contributed by atoms with Crippen molar-refractivity contribution in [1.29, 1.82) is 0 Å². The molecule has 1 amide bonds. The number of hydrogen-bond donors (Lipinski definition) is 2. The number of rotatable bonds is 4. The van der Waals surface area contributed by atoms with Crippen LogP contribution in [0.3, 0.4) is 0 Å². The van der Waals surface area contributed by atoms with Crippen LogP contribution in [0.4, 0.5) is 5.95 Å². The zero-order valence-corrected chi connectivity index (χ0v) is 9.30. The molecule has 0 radical (unpaired) electrons. The van der Waals surface area contributed by atoms with Gasteiger partial charge in [-0.15, -0.1) is 0 Å². The molecule has 0 spiro atoms. The van der Waals surface area contributed by atoms with Gasteiger partial charge in [-0.2, -0.15) is 0 Å². The number of nitrogens with one attached hydrogen (secondary N) is 1. The fraction of sp³-hybridized carbons (Fsp3) is 0.125. The molecule has 1 heterocycles. The van der Waals surface area contributed by atoms with Crippen LogP contribution >= 0.6 is 11.6 Å². The van der Waals surface area contributed by atoms with Crippen LogP contribution in [0.25, 0.3) is 0 Å². The van der Waals surface area contributed by atoms with E-state index in [1.165, 1.54) is 6.07 Å². The number of nitrogens with zero attached hydrogens (tertiary/aromatic N) is 3. The predicted molar refractivity (Wildman–Crippen MR) is 57.1 cm³/mol. The Morgan fingerprint density at radius 1 is 1.65 bits per heavy atom. The number of halogens is 1. The number of hydrogen-bond acceptors (Lipinski definition) is 7. The van der Waals surface area contributed by atoms with Crippen molar-refractivity contribution in [1.82, 2.24) is 9.97 Å². The summed E-state index contributed by atoms with van der Waals surface area (Å²) >= 11 is 5.64. The zero-order valence-electron chi connectivity index (χ0n) is 8.55. The summed E-state index contributed by atoms with van der Waals surface area (Å²) in [4.78, 5) is 28.8. The molecule has 1 aromatic heterocycles. The van der Waals surface area contributed by atoms with Gasteiger partial charge < -0.3 is 9.94 Å². The Bertz CT molecular complexity index is 477. The van der Waals surface area contributed by atoms with Gasteiger partial charge in [-0.25, -0.2) is 14.8 Å². The lowest BCUT2D eigenvalue weighted by Gasteiger charge is -2.04. The molecule has 2 N–H and O–H groups in total. The van der Waals surface area contributed by atoms with Gasteiger partial charge in [-0.05, 0) is 0 Å². The molecule has 9 heteroatoms. The molecule has 0 unspecified atom stereocenters. The van der Waals surface area contributed by atoms with Crippen LogP contribution in [0.1, 0.15) is 5.69 Å². The van der Waals surface area contributed by atoms with Crippen LogP contribution in [-0.4, -0.2) is 40.4 Å². The fourth-order valence-corrected chi connectivity index (χ4v) is 1.13. The average Bonchev–Trinajstić information content (AvgIpc) is 2.29. The van der Waals surface area contributed by atoms with Crippen LogP contribution in [0.2, 0.25) is 5.15 Å². The van der Waals surface area contributed by atoms with E-state index in [2.05, 4.69) is 25.2 Å². The Balaban J connectivity index is 3.20. The van der Waals surface area contributed by atoms with E-state index >= 15 is 0 Å². The molecular formula is C8H7ClN4O4. The largest absolute Gasteiger partial charge is 0.464 e. The molecule has 0 fully saturated rings. The summed E-state index contributed by atoms with van der Waals surface area (Å²) in [6, 6.07) is 1.18. The first-order chi connectivity index (χ1) is 8.12. The van der Waals surface area contributed by atoms with Gasteiger partial charge in [0.1, 0.15) is 10.8 Å². The Morgan fingerprint density at radius 3 is 2.88 bits per heavy atom. The fourth-order valence-electron chi connectivity index (χ4n) is 0.949. The second kappa shape index (κ2) is 5.75. The Morgan fingerprint density at radius 2 is 2.35 bits per heavy atom. The first-order valence-corrected chi connectivity index (χ1v) is 4.55. The third-order valence-electron chi connectivity index (χ3n) is 1.60. The summed E-state index contributed by atoms with van der Waals surface area (Å²) in [6.07, 6.45) is 0.337. The standard InChI is InChI=1S/C8H7ClN4O4/c1-17-7(15)6(13-16)4-2-5(9)12-8(11-4)10-3-14/h2-3,16H,1H3,(H,10,11,12,14). The van der Waals surface area contributed by atoms with Gasteiger partial charge in [-0.1, -0.05) is 16.8 Å². The number of oxime groups is 1. The number of carbonyl (C=O) groups excluding carboxylic acids is 2. The Hall–Kier alpha value is -2.22. The molecule has 8 nitrogen and oxygen atoms in total. The molecule has 0 atom stereocenters. The van der Waals surface area contributed by atoms with Gasteiger partial charge >= 0.3 is 5.97 Å². The lowest BCUT2D eigenvalue weighted by atomic mass is 10.2. The highest BCUT2D eigenvalue weighted by Gasteiger charge is 2.18. The molecule has 1 rings (SSSR count). The molecule has 17 heavy (non-hydrogen) atoms. The maximum atomic E-state index is 11.2. The highest BCUT2D eigenvalue weighted by Crippen LogP contribution is 2.11. The van der Waals surface area contributed by atoms with E-state index in [0.29, 0.717) is 6.41 Å². The monoisotopic (exact) mass is 258 g/mol. The van der Waals surface area contributed by atoms with Gasteiger partial charge in [0.15, 0.2) is 0 Å². The van der Waals surface area contributed by atoms with E-state index in [1.54, 1.807) is 0 Å². The summed E-state index contributed by atoms with van der Waals surface area (Å²) in [6.45, 7) is 0. The average molecular weight is 259 g/mol. The number of ether oxygens (including phenoxy) is 1. The normalized spacial score (nSPS) is 10.8. The SMILES string of the molecule is COC(=O)C(=NO)c1cc(Cl)nc(NC=O)n1. The van der Waals surface area contributed by atoms with E-state index in [1.807, 2.05) is 0 Å². The lowest BCUT2D eigenvalue weighted by Crippen LogP contribution is -2.19. The van der Waals surface area contributed by atoms with Gasteiger partial charge in [-0.3, -0.25) is 10.1 Å². The van der Waals surface area contributed by atoms with Crippen molar-refractivity contribution in [2.75, 3.05) is 12.4 Å². The summed E-state index contributed by atoms with van der Waals surface area (Å²) in [5, 5.41) is 13.5. The van der Waals surface area contributed by atoms with Gasteiger partial charge in [0, 0.05) is 6.07 Å². The van der Waals surface area contributed by atoms with Crippen molar-refractivity contribution in [3.8, 4) is 0 Å². The third-order valence-corrected chi connectivity index (χ3v) is 1.80. The van der Waals surface area contributed by atoms with Crippen molar-refractivity contribution in [2.24, 2.45) is 5.16 Å². The molecule has 0 aromatic carbocycles. The molecular weight excluding hydrogens is 252 g/mol. The first-order valence-electron chi connectivity index (χ1n) is 4.18. The second-order valence-electron chi connectivity index (χ2n) is 2.60. The number of carbonyl (C=O) groups is 2. The number of methoxy groups -OCH3 is 1. The van der Waals surface area contributed by atoms with Crippen molar-refractivity contribution in [3.05, 3.63) is 16.9 Å². The van der Waals surface area contributed by atoms with E-state index < -0.39 is 11.7 Å². The second-order valence-corrected chi connectivity index (χ2v) is 2.99. The number of anilines is 1. The van der Waals surface area contributed by atoms with Crippen LogP contribution in [0.5, 0.6) is 0 Å².